The Balaban J connectivity index is 2.47. The van der Waals surface area contributed by atoms with Gasteiger partial charge in [-0.2, -0.15) is 0 Å². The van der Waals surface area contributed by atoms with Gasteiger partial charge in [-0.15, -0.1) is 0 Å². The van der Waals surface area contributed by atoms with Gasteiger partial charge in [0.2, 0.25) is 0 Å². The van der Waals surface area contributed by atoms with E-state index < -0.39 is 5.54 Å². The molecule has 0 aromatic heterocycles. The molecule has 0 amide bonds. The molecule has 1 aromatic rings. The Hall–Kier alpha value is -1.13. The van der Waals surface area contributed by atoms with Crippen LogP contribution in [0, 0.1) is 5.82 Å². The van der Waals surface area contributed by atoms with Gasteiger partial charge in [-0.05, 0) is 31.4 Å². The fraction of sp³-hybridized carbons (Fsp3) is 0.571. The standard InChI is InChI=1S/C14H23FN2O/c1-3-14(16,11-18)9-6-10-17(2)13-8-5-4-7-12(13)15/h4-5,7-8,18H,3,6,9-11,16H2,1-2H3. The van der Waals surface area contributed by atoms with Crippen LogP contribution in [0.5, 0.6) is 0 Å². The number of nitrogens with two attached hydrogens (primary N) is 1. The highest BCUT2D eigenvalue weighted by Gasteiger charge is 2.21. The van der Waals surface area contributed by atoms with Crippen molar-refractivity contribution in [2.24, 2.45) is 5.73 Å². The number of hydrogen-bond acceptors (Lipinski definition) is 3. The van der Waals surface area contributed by atoms with Crippen molar-refractivity contribution in [3.05, 3.63) is 30.1 Å². The van der Waals surface area contributed by atoms with Crippen LogP contribution in [0.2, 0.25) is 0 Å². The summed E-state index contributed by atoms with van der Waals surface area (Å²) in [6.45, 7) is 2.68. The van der Waals surface area contributed by atoms with Crippen LogP contribution in [0.25, 0.3) is 0 Å². The first kappa shape index (κ1) is 14.9. The normalized spacial score (nSPS) is 14.3. The van der Waals surface area contributed by atoms with Crippen LogP contribution in [0.4, 0.5) is 10.1 Å². The van der Waals surface area contributed by atoms with Gasteiger partial charge in [0.25, 0.3) is 0 Å². The van der Waals surface area contributed by atoms with Gasteiger partial charge in [-0.25, -0.2) is 4.39 Å². The van der Waals surface area contributed by atoms with Gasteiger partial charge >= 0.3 is 0 Å². The zero-order valence-corrected chi connectivity index (χ0v) is 11.2. The molecule has 0 aliphatic rings. The highest BCUT2D eigenvalue weighted by atomic mass is 19.1. The van der Waals surface area contributed by atoms with Crippen molar-refractivity contribution in [1.29, 1.82) is 0 Å². The van der Waals surface area contributed by atoms with E-state index in [0.717, 1.165) is 25.8 Å². The van der Waals surface area contributed by atoms with Crippen LogP contribution in [0.3, 0.4) is 0 Å². The van der Waals surface area contributed by atoms with Gasteiger partial charge in [0.15, 0.2) is 0 Å². The van der Waals surface area contributed by atoms with Crippen LogP contribution in [-0.2, 0) is 0 Å². The lowest BCUT2D eigenvalue weighted by Gasteiger charge is -2.27. The summed E-state index contributed by atoms with van der Waals surface area (Å²) in [6, 6.07) is 6.72. The van der Waals surface area contributed by atoms with Crippen molar-refractivity contribution in [2.75, 3.05) is 25.1 Å². The van der Waals surface area contributed by atoms with E-state index in [4.69, 9.17) is 5.73 Å². The van der Waals surface area contributed by atoms with E-state index in [1.165, 1.54) is 6.07 Å². The second kappa shape index (κ2) is 6.71. The van der Waals surface area contributed by atoms with Gasteiger partial charge in [0.1, 0.15) is 5.82 Å². The van der Waals surface area contributed by atoms with Crippen molar-refractivity contribution in [1.82, 2.24) is 0 Å². The molecule has 3 nitrogen and oxygen atoms in total. The molecule has 0 fully saturated rings. The number of nitrogens with zero attached hydrogens (tertiary/aromatic N) is 1. The highest BCUT2D eigenvalue weighted by molar-refractivity contribution is 5.46. The minimum atomic E-state index is -0.504. The minimum absolute atomic E-state index is 0.00703. The Bertz CT molecular complexity index is 367. The summed E-state index contributed by atoms with van der Waals surface area (Å²) in [5.74, 6) is -0.211. The number of benzene rings is 1. The fourth-order valence-corrected chi connectivity index (χ4v) is 1.92. The van der Waals surface area contributed by atoms with Gasteiger partial charge < -0.3 is 15.7 Å². The number of aliphatic hydroxyl groups excluding tert-OH is 1. The summed E-state index contributed by atoms with van der Waals surface area (Å²) >= 11 is 0. The Morgan fingerprint density at radius 1 is 1.39 bits per heavy atom. The second-order valence-electron chi connectivity index (χ2n) is 4.85. The van der Waals surface area contributed by atoms with Crippen LogP contribution in [-0.4, -0.2) is 30.8 Å². The fourth-order valence-electron chi connectivity index (χ4n) is 1.92. The molecule has 0 saturated heterocycles. The summed E-state index contributed by atoms with van der Waals surface area (Å²) in [7, 11) is 1.86. The smallest absolute Gasteiger partial charge is 0.146 e. The van der Waals surface area contributed by atoms with Gasteiger partial charge in [-0.3, -0.25) is 0 Å². The van der Waals surface area contributed by atoms with E-state index in [0.29, 0.717) is 5.69 Å². The predicted molar refractivity (Wildman–Crippen MR) is 73.2 cm³/mol. The Morgan fingerprint density at radius 3 is 2.61 bits per heavy atom. The van der Waals surface area contributed by atoms with Crippen molar-refractivity contribution in [3.63, 3.8) is 0 Å². The maximum atomic E-state index is 13.5. The van der Waals surface area contributed by atoms with E-state index in [-0.39, 0.29) is 12.4 Å². The third-order valence-electron chi connectivity index (χ3n) is 3.45. The van der Waals surface area contributed by atoms with Crippen LogP contribution >= 0.6 is 0 Å². The molecule has 1 unspecified atom stereocenters. The van der Waals surface area contributed by atoms with Crippen LogP contribution in [0.15, 0.2) is 24.3 Å². The average molecular weight is 254 g/mol. The summed E-state index contributed by atoms with van der Waals surface area (Å²) < 4.78 is 13.5. The molecule has 0 heterocycles. The SMILES string of the molecule is CCC(N)(CO)CCCN(C)c1ccccc1F. The summed E-state index contributed by atoms with van der Waals surface area (Å²) in [6.07, 6.45) is 2.31. The van der Waals surface area contributed by atoms with Gasteiger partial charge in [0, 0.05) is 19.1 Å². The molecule has 1 atom stereocenters. The number of anilines is 1. The summed E-state index contributed by atoms with van der Waals surface area (Å²) in [5.41, 5.74) is 6.10. The van der Waals surface area contributed by atoms with Crippen LogP contribution in [0.1, 0.15) is 26.2 Å². The van der Waals surface area contributed by atoms with Gasteiger partial charge in [-0.1, -0.05) is 19.1 Å². The van der Waals surface area contributed by atoms with Crippen molar-refractivity contribution < 1.29 is 9.50 Å². The third-order valence-corrected chi connectivity index (χ3v) is 3.45. The lowest BCUT2D eigenvalue weighted by Crippen LogP contribution is -2.43. The highest BCUT2D eigenvalue weighted by Crippen LogP contribution is 2.19. The van der Waals surface area contributed by atoms with E-state index in [1.807, 2.05) is 24.9 Å². The minimum Gasteiger partial charge on any atom is -0.394 e. The molecular formula is C14H23FN2O. The van der Waals surface area contributed by atoms with Crippen LogP contribution < -0.4 is 10.6 Å². The van der Waals surface area contributed by atoms with Crippen molar-refractivity contribution in [3.8, 4) is 0 Å². The van der Waals surface area contributed by atoms with E-state index in [9.17, 15) is 9.50 Å². The molecule has 18 heavy (non-hydrogen) atoms. The quantitative estimate of drug-likeness (QED) is 0.784. The third kappa shape index (κ3) is 3.96. The first-order valence-corrected chi connectivity index (χ1v) is 6.38. The second-order valence-corrected chi connectivity index (χ2v) is 4.85. The Labute approximate surface area is 108 Å². The number of hydrogen-bond donors (Lipinski definition) is 2. The zero-order valence-electron chi connectivity index (χ0n) is 11.2. The average Bonchev–Trinajstić information content (AvgIpc) is 2.39. The van der Waals surface area contributed by atoms with E-state index in [2.05, 4.69) is 0 Å². The first-order valence-electron chi connectivity index (χ1n) is 6.38. The van der Waals surface area contributed by atoms with Crippen molar-refractivity contribution in [2.45, 2.75) is 31.7 Å². The molecular weight excluding hydrogens is 231 g/mol. The topological polar surface area (TPSA) is 49.5 Å². The summed E-state index contributed by atoms with van der Waals surface area (Å²) in [5, 5.41) is 9.21. The van der Waals surface area contributed by atoms with E-state index >= 15 is 0 Å². The monoisotopic (exact) mass is 254 g/mol. The molecule has 0 saturated carbocycles. The molecule has 0 spiro atoms. The van der Waals surface area contributed by atoms with E-state index in [1.54, 1.807) is 12.1 Å². The number of halogens is 1. The molecule has 0 bridgehead atoms. The summed E-state index contributed by atoms with van der Waals surface area (Å²) in [4.78, 5) is 1.88. The maximum Gasteiger partial charge on any atom is 0.146 e. The number of aliphatic hydroxyl groups is 1. The maximum absolute atomic E-state index is 13.5. The molecule has 102 valence electrons. The number of rotatable bonds is 7. The van der Waals surface area contributed by atoms with Gasteiger partial charge in [0.05, 0.1) is 12.3 Å². The largest absolute Gasteiger partial charge is 0.394 e. The lowest BCUT2D eigenvalue weighted by molar-refractivity contribution is 0.181. The molecule has 1 aromatic carbocycles. The first-order chi connectivity index (χ1) is 8.52. The molecule has 0 aliphatic heterocycles. The van der Waals surface area contributed by atoms with Crippen molar-refractivity contribution >= 4 is 5.69 Å². The lowest BCUT2D eigenvalue weighted by atomic mass is 9.92. The molecule has 0 aliphatic carbocycles. The predicted octanol–water partition coefficient (Wildman–Crippen LogP) is 2.14. The number of para-hydroxylation sites is 1. The zero-order chi connectivity index (χ0) is 13.6. The Morgan fingerprint density at radius 2 is 2.06 bits per heavy atom. The molecule has 4 heteroatoms. The Kier molecular flexibility index (Phi) is 5.56. The molecule has 3 N–H and O–H groups in total. The molecule has 1 rings (SSSR count). The molecule has 0 radical (unpaired) electrons.